The summed E-state index contributed by atoms with van der Waals surface area (Å²) in [6, 6.07) is 0. The van der Waals surface area contributed by atoms with Gasteiger partial charge in [0.25, 0.3) is 0 Å². The van der Waals surface area contributed by atoms with Crippen molar-refractivity contribution in [1.82, 2.24) is 0 Å². The number of carbonyl (C=O) groups excluding carboxylic acids is 2. The molecule has 5 nitrogen and oxygen atoms in total. The number of rotatable bonds is 19. The number of carbonyl (C=O) groups is 2. The molecule has 0 bridgehead atoms. The van der Waals surface area contributed by atoms with Gasteiger partial charge in [-0.2, -0.15) is 0 Å². The average Bonchev–Trinajstić information content (AvgIpc) is 3.10. The molecule has 0 aromatic carbocycles. The van der Waals surface area contributed by atoms with Gasteiger partial charge in [0, 0.05) is 5.57 Å². The Morgan fingerprint density at radius 1 is 0.894 bits per heavy atom. The van der Waals surface area contributed by atoms with Gasteiger partial charge < -0.3 is 14.6 Å². The fourth-order valence-corrected chi connectivity index (χ4v) is 8.22. The van der Waals surface area contributed by atoms with Crippen LogP contribution in [-0.2, 0) is 19.1 Å². The molecule has 47 heavy (non-hydrogen) atoms. The van der Waals surface area contributed by atoms with Crippen LogP contribution in [0.25, 0.3) is 0 Å². The van der Waals surface area contributed by atoms with Crippen LogP contribution in [0.3, 0.4) is 0 Å². The number of ether oxygens (including phenoxy) is 2. The van der Waals surface area contributed by atoms with Gasteiger partial charge >= 0.3 is 11.9 Å². The SMILES string of the molecule is C=C(C)C(=O)OCCCC(COC(=O)C(=C)CO)C1CCC(C2CCC(C(C)C/C=C(\C)C3=CC=C(CCCCC)CC3)CC2)CC1. The van der Waals surface area contributed by atoms with E-state index in [4.69, 9.17) is 9.47 Å². The molecule has 2 fully saturated rings. The van der Waals surface area contributed by atoms with Gasteiger partial charge in [-0.05, 0) is 151 Å². The third-order valence-electron chi connectivity index (χ3n) is 11.6. The van der Waals surface area contributed by atoms with Gasteiger partial charge in [0.2, 0.25) is 0 Å². The normalized spacial score (nSPS) is 24.8. The Labute approximate surface area is 287 Å². The number of hydrogen-bond acceptors (Lipinski definition) is 5. The first-order valence-electron chi connectivity index (χ1n) is 19.0. The van der Waals surface area contributed by atoms with Crippen molar-refractivity contribution in [3.05, 3.63) is 59.3 Å². The van der Waals surface area contributed by atoms with Crippen LogP contribution in [0.15, 0.2) is 59.3 Å². The standard InChI is InChI=1S/C42H66O5/c1-7-8-9-11-34-15-17-35(18-16-34)31(4)13-14-32(5)36-19-21-37(22-20-36)38-23-25-39(26-24-38)40(29-47-42(45)33(6)28-43)12-10-27-46-41(44)30(2)3/h13,15,17,32,36-40,43H,2,6-12,14,16,18-29H2,1,3-5H3/b31-13+. The quantitative estimate of drug-likeness (QED) is 0.0855. The van der Waals surface area contributed by atoms with E-state index >= 15 is 0 Å². The van der Waals surface area contributed by atoms with Crippen molar-refractivity contribution in [3.8, 4) is 0 Å². The molecule has 0 aliphatic heterocycles. The Bertz CT molecular complexity index is 1110. The van der Waals surface area contributed by atoms with E-state index in [0.717, 1.165) is 49.4 Å². The number of allylic oxidation sites excluding steroid dienone is 6. The summed E-state index contributed by atoms with van der Waals surface area (Å²) in [4.78, 5) is 24.0. The highest BCUT2D eigenvalue weighted by molar-refractivity contribution is 5.88. The summed E-state index contributed by atoms with van der Waals surface area (Å²) >= 11 is 0. The number of hydrogen-bond donors (Lipinski definition) is 1. The van der Waals surface area contributed by atoms with Crippen molar-refractivity contribution in [2.24, 2.45) is 35.5 Å². The molecule has 0 aromatic rings. The highest BCUT2D eigenvalue weighted by Gasteiger charge is 2.34. The van der Waals surface area contributed by atoms with E-state index < -0.39 is 5.97 Å². The number of aliphatic hydroxyl groups excluding tert-OH is 1. The van der Waals surface area contributed by atoms with Gasteiger partial charge in [0.1, 0.15) is 0 Å². The summed E-state index contributed by atoms with van der Waals surface area (Å²) in [6.45, 7) is 16.3. The minimum Gasteiger partial charge on any atom is -0.462 e. The largest absolute Gasteiger partial charge is 0.462 e. The van der Waals surface area contributed by atoms with Crippen LogP contribution < -0.4 is 0 Å². The maximum atomic E-state index is 12.2. The van der Waals surface area contributed by atoms with Crippen LogP contribution in [0, 0.1) is 35.5 Å². The van der Waals surface area contributed by atoms with Crippen molar-refractivity contribution in [1.29, 1.82) is 0 Å². The maximum Gasteiger partial charge on any atom is 0.335 e. The summed E-state index contributed by atoms with van der Waals surface area (Å²) in [5.41, 5.74) is 5.16. The molecule has 5 heteroatoms. The molecule has 264 valence electrons. The lowest BCUT2D eigenvalue weighted by Gasteiger charge is -2.40. The predicted molar refractivity (Wildman–Crippen MR) is 194 cm³/mol. The Balaban J connectivity index is 1.42. The number of aliphatic hydroxyl groups is 1. The molecular weight excluding hydrogens is 584 g/mol. The zero-order valence-electron chi connectivity index (χ0n) is 30.3. The van der Waals surface area contributed by atoms with Crippen LogP contribution in [0.4, 0.5) is 0 Å². The Morgan fingerprint density at radius 3 is 2.13 bits per heavy atom. The first-order valence-corrected chi connectivity index (χ1v) is 19.0. The van der Waals surface area contributed by atoms with Gasteiger partial charge in [-0.25, -0.2) is 9.59 Å². The lowest BCUT2D eigenvalue weighted by atomic mass is 9.65. The summed E-state index contributed by atoms with van der Waals surface area (Å²) in [5, 5.41) is 9.26. The molecule has 0 heterocycles. The van der Waals surface area contributed by atoms with Gasteiger partial charge in [-0.3, -0.25) is 0 Å². The van der Waals surface area contributed by atoms with Crippen LogP contribution in [0.1, 0.15) is 137 Å². The fraction of sp³-hybridized carbons (Fsp3) is 0.714. The van der Waals surface area contributed by atoms with Gasteiger partial charge in [-0.15, -0.1) is 0 Å². The third kappa shape index (κ3) is 13.2. The van der Waals surface area contributed by atoms with E-state index in [1.165, 1.54) is 94.6 Å². The molecule has 1 N–H and O–H groups in total. The molecular formula is C42H66O5. The van der Waals surface area contributed by atoms with Crippen LogP contribution in [0.2, 0.25) is 0 Å². The zero-order valence-corrected chi connectivity index (χ0v) is 30.3. The molecule has 2 unspecified atom stereocenters. The first kappa shape index (κ1) is 39.0. The van der Waals surface area contributed by atoms with Crippen molar-refractivity contribution in [2.45, 2.75) is 137 Å². The lowest BCUT2D eigenvalue weighted by Crippen LogP contribution is -2.31. The Morgan fingerprint density at radius 2 is 1.55 bits per heavy atom. The second-order valence-electron chi connectivity index (χ2n) is 15.1. The molecule has 0 aromatic heterocycles. The molecule has 3 aliphatic carbocycles. The van der Waals surface area contributed by atoms with Crippen LogP contribution in [-0.4, -0.2) is 36.9 Å². The molecule has 0 spiro atoms. The van der Waals surface area contributed by atoms with Gasteiger partial charge in [0.05, 0.1) is 25.4 Å². The van der Waals surface area contributed by atoms with E-state index in [9.17, 15) is 14.7 Å². The van der Waals surface area contributed by atoms with Crippen molar-refractivity contribution in [2.75, 3.05) is 19.8 Å². The van der Waals surface area contributed by atoms with E-state index in [-0.39, 0.29) is 24.1 Å². The van der Waals surface area contributed by atoms with Crippen LogP contribution in [0.5, 0.6) is 0 Å². The molecule has 2 saturated carbocycles. The van der Waals surface area contributed by atoms with E-state index in [1.54, 1.807) is 12.5 Å². The maximum absolute atomic E-state index is 12.2. The molecule has 0 saturated heterocycles. The topological polar surface area (TPSA) is 72.8 Å². The summed E-state index contributed by atoms with van der Waals surface area (Å²) in [5.74, 6) is 3.05. The zero-order chi connectivity index (χ0) is 34.2. The predicted octanol–water partition coefficient (Wildman–Crippen LogP) is 10.4. The molecule has 0 amide bonds. The van der Waals surface area contributed by atoms with E-state index in [0.29, 0.717) is 24.7 Å². The van der Waals surface area contributed by atoms with E-state index in [1.807, 2.05) is 0 Å². The number of unbranched alkanes of at least 4 members (excludes halogenated alkanes) is 2. The molecule has 0 radical (unpaired) electrons. The highest BCUT2D eigenvalue weighted by Crippen LogP contribution is 2.45. The molecule has 3 rings (SSSR count). The highest BCUT2D eigenvalue weighted by atomic mass is 16.5. The summed E-state index contributed by atoms with van der Waals surface area (Å²) < 4.78 is 10.9. The van der Waals surface area contributed by atoms with E-state index in [2.05, 4.69) is 52.2 Å². The summed E-state index contributed by atoms with van der Waals surface area (Å²) in [7, 11) is 0. The van der Waals surface area contributed by atoms with Crippen LogP contribution >= 0.6 is 0 Å². The first-order chi connectivity index (χ1) is 22.6. The average molecular weight is 651 g/mol. The van der Waals surface area contributed by atoms with Crippen molar-refractivity contribution in [3.63, 3.8) is 0 Å². The second-order valence-corrected chi connectivity index (χ2v) is 15.1. The number of esters is 2. The summed E-state index contributed by atoms with van der Waals surface area (Å²) in [6.07, 6.45) is 28.0. The third-order valence-corrected chi connectivity index (χ3v) is 11.6. The van der Waals surface area contributed by atoms with Gasteiger partial charge in [-0.1, -0.05) is 69.2 Å². The Kier molecular flexibility index (Phi) is 17.3. The minimum absolute atomic E-state index is 0.0876. The van der Waals surface area contributed by atoms with Gasteiger partial charge in [0.15, 0.2) is 0 Å². The van der Waals surface area contributed by atoms with Crippen molar-refractivity contribution < 1.29 is 24.2 Å². The fourth-order valence-electron chi connectivity index (χ4n) is 8.22. The lowest BCUT2D eigenvalue weighted by molar-refractivity contribution is -0.141. The second kappa shape index (κ2) is 20.9. The molecule has 2 atom stereocenters. The monoisotopic (exact) mass is 650 g/mol. The smallest absolute Gasteiger partial charge is 0.335 e. The molecule has 3 aliphatic rings. The minimum atomic E-state index is -0.522. The Hall–Kier alpha value is -2.40. The van der Waals surface area contributed by atoms with Crippen molar-refractivity contribution >= 4 is 11.9 Å².